The molecule has 0 radical (unpaired) electrons. The van der Waals surface area contributed by atoms with Crippen molar-refractivity contribution in [3.8, 4) is 11.1 Å². The van der Waals surface area contributed by atoms with Gasteiger partial charge in [0, 0.05) is 6.07 Å². The highest BCUT2D eigenvalue weighted by Crippen LogP contribution is 2.28. The molecular formula is C25H24FN3O6. The maximum absolute atomic E-state index is 14.3. The van der Waals surface area contributed by atoms with E-state index in [1.165, 1.54) is 25.3 Å². The van der Waals surface area contributed by atoms with Gasteiger partial charge in [-0.3, -0.25) is 9.59 Å². The molecule has 0 unspecified atom stereocenters. The number of methoxy groups -OCH3 is 1. The van der Waals surface area contributed by atoms with Gasteiger partial charge in [-0.2, -0.15) is 0 Å². The van der Waals surface area contributed by atoms with E-state index in [4.69, 9.17) is 14.0 Å². The summed E-state index contributed by atoms with van der Waals surface area (Å²) in [4.78, 5) is 37.6. The number of carbonyl (C=O) groups is 3. The summed E-state index contributed by atoms with van der Waals surface area (Å²) in [6.45, 7) is 3.54. The smallest absolute Gasteiger partial charge is 0.341 e. The molecule has 2 heterocycles. The zero-order valence-electron chi connectivity index (χ0n) is 19.4. The number of hydrogen-bond donors (Lipinski definition) is 2. The lowest BCUT2D eigenvalue weighted by molar-refractivity contribution is -0.147. The number of aromatic nitrogens is 1. The summed E-state index contributed by atoms with van der Waals surface area (Å²) in [7, 11) is 1.20. The van der Waals surface area contributed by atoms with Crippen LogP contribution in [0.4, 0.5) is 4.39 Å². The molecule has 1 aliphatic heterocycles. The molecule has 3 aromatic rings. The summed E-state index contributed by atoms with van der Waals surface area (Å²) >= 11 is 0. The second kappa shape index (κ2) is 9.67. The van der Waals surface area contributed by atoms with Crippen molar-refractivity contribution in [1.29, 1.82) is 0 Å². The van der Waals surface area contributed by atoms with E-state index in [2.05, 4.69) is 15.8 Å². The Morgan fingerprint density at radius 2 is 1.86 bits per heavy atom. The van der Waals surface area contributed by atoms with Gasteiger partial charge in [-0.25, -0.2) is 9.18 Å². The van der Waals surface area contributed by atoms with E-state index in [1.807, 2.05) is 0 Å². The Hall–Kier alpha value is -4.05. The SMILES string of the molecule is COC(=O)c1c(F)cccc1-c1ccc([C@@H](C)NC(=O)C2(NC(=O)c3cc(C)no3)COC2)cc1. The first-order valence-electron chi connectivity index (χ1n) is 10.9. The first-order chi connectivity index (χ1) is 16.7. The van der Waals surface area contributed by atoms with Crippen LogP contribution in [-0.4, -0.2) is 48.8 Å². The van der Waals surface area contributed by atoms with Crippen LogP contribution in [0, 0.1) is 12.7 Å². The van der Waals surface area contributed by atoms with Crippen molar-refractivity contribution in [2.75, 3.05) is 20.3 Å². The second-order valence-corrected chi connectivity index (χ2v) is 8.33. The lowest BCUT2D eigenvalue weighted by Crippen LogP contribution is -2.70. The molecule has 1 saturated heterocycles. The van der Waals surface area contributed by atoms with Gasteiger partial charge in [0.15, 0.2) is 5.54 Å². The Morgan fingerprint density at radius 1 is 1.14 bits per heavy atom. The predicted octanol–water partition coefficient (Wildman–Crippen LogP) is 2.95. The van der Waals surface area contributed by atoms with Crippen LogP contribution < -0.4 is 10.6 Å². The van der Waals surface area contributed by atoms with Gasteiger partial charge in [-0.1, -0.05) is 41.6 Å². The Kier molecular flexibility index (Phi) is 6.65. The van der Waals surface area contributed by atoms with E-state index in [0.29, 0.717) is 16.8 Å². The molecule has 0 aliphatic carbocycles. The van der Waals surface area contributed by atoms with Crippen LogP contribution in [0.25, 0.3) is 11.1 Å². The quantitative estimate of drug-likeness (QED) is 0.498. The third-order valence-electron chi connectivity index (χ3n) is 5.81. The molecule has 10 heteroatoms. The summed E-state index contributed by atoms with van der Waals surface area (Å²) in [5, 5.41) is 9.26. The molecule has 2 N–H and O–H groups in total. The molecular weight excluding hydrogens is 457 g/mol. The summed E-state index contributed by atoms with van der Waals surface area (Å²) < 4.78 is 29.2. The highest BCUT2D eigenvalue weighted by molar-refractivity contribution is 5.99. The number of aryl methyl sites for hydroxylation is 1. The fourth-order valence-electron chi connectivity index (χ4n) is 3.76. The van der Waals surface area contributed by atoms with E-state index in [-0.39, 0.29) is 24.5 Å². The van der Waals surface area contributed by atoms with Crippen LogP contribution in [0.3, 0.4) is 0 Å². The zero-order valence-corrected chi connectivity index (χ0v) is 19.4. The predicted molar refractivity (Wildman–Crippen MR) is 122 cm³/mol. The highest BCUT2D eigenvalue weighted by atomic mass is 19.1. The van der Waals surface area contributed by atoms with Crippen LogP contribution in [0.15, 0.2) is 53.1 Å². The molecule has 1 atom stereocenters. The molecule has 182 valence electrons. The number of benzene rings is 2. The van der Waals surface area contributed by atoms with Crippen molar-refractivity contribution < 1.29 is 32.8 Å². The first-order valence-corrected chi connectivity index (χ1v) is 10.9. The number of rotatable bonds is 7. The molecule has 1 fully saturated rings. The van der Waals surface area contributed by atoms with Crippen LogP contribution in [0.2, 0.25) is 0 Å². The van der Waals surface area contributed by atoms with Crippen LogP contribution in [0.1, 0.15) is 45.1 Å². The Balaban J connectivity index is 1.47. The van der Waals surface area contributed by atoms with Crippen molar-refractivity contribution >= 4 is 17.8 Å². The maximum atomic E-state index is 14.3. The molecule has 9 nitrogen and oxygen atoms in total. The third-order valence-corrected chi connectivity index (χ3v) is 5.81. The average Bonchev–Trinajstić information content (AvgIpc) is 3.27. The van der Waals surface area contributed by atoms with E-state index in [9.17, 15) is 18.8 Å². The minimum Gasteiger partial charge on any atom is -0.465 e. The maximum Gasteiger partial charge on any atom is 0.341 e. The van der Waals surface area contributed by atoms with Gasteiger partial charge in [0.05, 0.1) is 32.1 Å². The minimum absolute atomic E-state index is 0.00823. The topological polar surface area (TPSA) is 120 Å². The van der Waals surface area contributed by atoms with Crippen molar-refractivity contribution in [2.45, 2.75) is 25.4 Å². The van der Waals surface area contributed by atoms with Crippen molar-refractivity contribution in [2.24, 2.45) is 0 Å². The van der Waals surface area contributed by atoms with Crippen LogP contribution >= 0.6 is 0 Å². The Morgan fingerprint density at radius 3 is 2.43 bits per heavy atom. The molecule has 0 bridgehead atoms. The summed E-state index contributed by atoms with van der Waals surface area (Å²) in [6.07, 6.45) is 0. The molecule has 1 aromatic heterocycles. The monoisotopic (exact) mass is 481 g/mol. The fraction of sp³-hybridized carbons (Fsp3) is 0.280. The molecule has 0 spiro atoms. The average molecular weight is 481 g/mol. The van der Waals surface area contributed by atoms with Crippen LogP contribution in [0.5, 0.6) is 0 Å². The number of halogens is 1. The Labute approximate surface area is 200 Å². The first kappa shape index (κ1) is 24.1. The van der Waals surface area contributed by atoms with Crippen molar-refractivity contribution in [3.63, 3.8) is 0 Å². The lowest BCUT2D eigenvalue weighted by Gasteiger charge is -2.40. The second-order valence-electron chi connectivity index (χ2n) is 8.33. The molecule has 2 aromatic carbocycles. The number of esters is 1. The summed E-state index contributed by atoms with van der Waals surface area (Å²) in [5.41, 5.74) is 0.969. The van der Waals surface area contributed by atoms with E-state index in [1.54, 1.807) is 44.2 Å². The van der Waals surface area contributed by atoms with Gasteiger partial charge in [-0.15, -0.1) is 0 Å². The summed E-state index contributed by atoms with van der Waals surface area (Å²) in [6, 6.07) is 12.4. The largest absolute Gasteiger partial charge is 0.465 e. The fourth-order valence-corrected chi connectivity index (χ4v) is 3.76. The Bertz CT molecular complexity index is 1270. The normalized spacial score (nSPS) is 15.0. The van der Waals surface area contributed by atoms with Crippen LogP contribution in [-0.2, 0) is 14.3 Å². The van der Waals surface area contributed by atoms with Gasteiger partial charge < -0.3 is 24.6 Å². The molecule has 1 aliphatic rings. The molecule has 35 heavy (non-hydrogen) atoms. The number of nitrogens with one attached hydrogen (secondary N) is 2. The minimum atomic E-state index is -1.22. The number of amides is 2. The van der Waals surface area contributed by atoms with E-state index >= 15 is 0 Å². The number of carbonyl (C=O) groups excluding carboxylic acids is 3. The molecule has 4 rings (SSSR count). The third kappa shape index (κ3) is 4.78. The van der Waals surface area contributed by atoms with Gasteiger partial charge in [0.1, 0.15) is 11.4 Å². The van der Waals surface area contributed by atoms with Gasteiger partial charge in [0.2, 0.25) is 5.76 Å². The zero-order chi connectivity index (χ0) is 25.2. The van der Waals surface area contributed by atoms with Gasteiger partial charge in [0.25, 0.3) is 11.8 Å². The summed E-state index contributed by atoms with van der Waals surface area (Å²) in [5.74, 6) is -2.39. The standard InChI is InChI=1S/C25H24FN3O6/c1-14-11-20(35-29-14)22(30)28-25(12-34-13-25)24(32)27-15(2)16-7-9-17(10-8-16)18-5-4-6-19(26)21(18)23(31)33-3/h4-11,15H,12-13H2,1-3H3,(H,27,32)(H,28,30)/t15-/m1/s1. The van der Waals surface area contributed by atoms with Crippen molar-refractivity contribution in [3.05, 3.63) is 76.9 Å². The molecule has 2 amide bonds. The number of nitrogens with zero attached hydrogens (tertiary/aromatic N) is 1. The van der Waals surface area contributed by atoms with Gasteiger partial charge >= 0.3 is 5.97 Å². The highest BCUT2D eigenvalue weighted by Gasteiger charge is 2.48. The number of hydrogen-bond acceptors (Lipinski definition) is 7. The molecule has 0 saturated carbocycles. The van der Waals surface area contributed by atoms with Gasteiger partial charge in [-0.05, 0) is 36.6 Å². The van der Waals surface area contributed by atoms with Crippen molar-refractivity contribution in [1.82, 2.24) is 15.8 Å². The van der Waals surface area contributed by atoms with E-state index < -0.39 is 35.2 Å². The lowest BCUT2D eigenvalue weighted by atomic mass is 9.94. The number of ether oxygens (including phenoxy) is 2. The van der Waals surface area contributed by atoms with E-state index in [0.717, 1.165) is 5.56 Å².